The SMILES string of the molecule is C=CCN(Cc1ccccc1)CC1COCCC[Si](OC)(OC)O1. The molecule has 1 fully saturated rings. The van der Waals surface area contributed by atoms with Gasteiger partial charge in [-0.15, -0.1) is 6.58 Å². The predicted molar refractivity (Wildman–Crippen MR) is 96.8 cm³/mol. The first-order chi connectivity index (χ1) is 11.7. The first-order valence-electron chi connectivity index (χ1n) is 8.44. The molecular weight excluding hydrogens is 322 g/mol. The smallest absolute Gasteiger partial charge is 0.379 e. The highest BCUT2D eigenvalue weighted by Gasteiger charge is 2.42. The molecule has 24 heavy (non-hydrogen) atoms. The molecule has 2 rings (SSSR count). The van der Waals surface area contributed by atoms with E-state index in [9.17, 15) is 0 Å². The Morgan fingerprint density at radius 2 is 2.04 bits per heavy atom. The van der Waals surface area contributed by atoms with Crippen molar-refractivity contribution in [2.45, 2.75) is 25.1 Å². The van der Waals surface area contributed by atoms with E-state index in [1.54, 1.807) is 14.2 Å². The van der Waals surface area contributed by atoms with E-state index in [-0.39, 0.29) is 6.10 Å². The third kappa shape index (κ3) is 5.80. The van der Waals surface area contributed by atoms with Crippen LogP contribution in [0.4, 0.5) is 0 Å². The van der Waals surface area contributed by atoms with E-state index < -0.39 is 8.80 Å². The van der Waals surface area contributed by atoms with E-state index in [1.807, 2.05) is 12.1 Å². The van der Waals surface area contributed by atoms with Crippen molar-refractivity contribution >= 4 is 8.80 Å². The minimum Gasteiger partial charge on any atom is -0.379 e. The number of nitrogens with zero attached hydrogens (tertiary/aromatic N) is 1. The summed E-state index contributed by atoms with van der Waals surface area (Å²) in [5, 5.41) is 0. The Morgan fingerprint density at radius 1 is 1.29 bits per heavy atom. The number of benzene rings is 1. The summed E-state index contributed by atoms with van der Waals surface area (Å²) in [6.07, 6.45) is 2.76. The van der Waals surface area contributed by atoms with Gasteiger partial charge in [0.1, 0.15) is 0 Å². The molecule has 0 N–H and O–H groups in total. The molecule has 1 aromatic carbocycles. The van der Waals surface area contributed by atoms with Crippen LogP contribution in [0.1, 0.15) is 12.0 Å². The zero-order valence-corrected chi connectivity index (χ0v) is 15.8. The van der Waals surface area contributed by atoms with Crippen molar-refractivity contribution in [3.05, 3.63) is 48.6 Å². The Balaban J connectivity index is 2.03. The van der Waals surface area contributed by atoms with Gasteiger partial charge >= 0.3 is 8.80 Å². The Labute approximate surface area is 146 Å². The Hall–Kier alpha value is -1.02. The molecule has 1 heterocycles. The van der Waals surface area contributed by atoms with Crippen LogP contribution >= 0.6 is 0 Å². The van der Waals surface area contributed by atoms with Crippen molar-refractivity contribution in [2.24, 2.45) is 0 Å². The molecule has 0 aliphatic carbocycles. The van der Waals surface area contributed by atoms with Gasteiger partial charge in [0.15, 0.2) is 0 Å². The largest absolute Gasteiger partial charge is 0.500 e. The summed E-state index contributed by atoms with van der Waals surface area (Å²) in [7, 11) is 0.772. The van der Waals surface area contributed by atoms with E-state index >= 15 is 0 Å². The fraction of sp³-hybridized carbons (Fsp3) is 0.556. The van der Waals surface area contributed by atoms with Gasteiger partial charge < -0.3 is 18.0 Å². The normalized spacial score (nSPS) is 21.2. The van der Waals surface area contributed by atoms with Crippen molar-refractivity contribution in [3.63, 3.8) is 0 Å². The van der Waals surface area contributed by atoms with Crippen LogP contribution in [-0.2, 0) is 24.6 Å². The number of hydrogen-bond donors (Lipinski definition) is 0. The molecule has 1 atom stereocenters. The molecule has 1 saturated heterocycles. The Kier molecular flexibility index (Phi) is 8.11. The van der Waals surface area contributed by atoms with Crippen LogP contribution in [0.25, 0.3) is 0 Å². The van der Waals surface area contributed by atoms with Crippen LogP contribution in [0.3, 0.4) is 0 Å². The quantitative estimate of drug-likeness (QED) is 0.532. The molecule has 1 aromatic rings. The van der Waals surface area contributed by atoms with Crippen LogP contribution in [0.2, 0.25) is 6.04 Å². The zero-order valence-electron chi connectivity index (χ0n) is 14.8. The van der Waals surface area contributed by atoms with Gasteiger partial charge in [-0.2, -0.15) is 0 Å². The van der Waals surface area contributed by atoms with Crippen LogP contribution in [-0.4, -0.2) is 60.3 Å². The summed E-state index contributed by atoms with van der Waals surface area (Å²) < 4.78 is 23.3. The molecule has 0 radical (unpaired) electrons. The lowest BCUT2D eigenvalue weighted by Crippen LogP contribution is -2.51. The molecule has 134 valence electrons. The van der Waals surface area contributed by atoms with Gasteiger partial charge in [0.05, 0.1) is 12.7 Å². The molecule has 1 aliphatic heterocycles. The minimum atomic E-state index is -2.59. The summed E-state index contributed by atoms with van der Waals surface area (Å²) in [6.45, 7) is 7.55. The van der Waals surface area contributed by atoms with Gasteiger partial charge in [0.25, 0.3) is 0 Å². The summed E-state index contributed by atoms with van der Waals surface area (Å²) in [5.41, 5.74) is 1.27. The van der Waals surface area contributed by atoms with Gasteiger partial charge in [-0.1, -0.05) is 36.4 Å². The van der Waals surface area contributed by atoms with E-state index in [1.165, 1.54) is 5.56 Å². The molecular formula is C18H29NO4Si. The number of rotatable bonds is 8. The van der Waals surface area contributed by atoms with Crippen molar-refractivity contribution in [1.82, 2.24) is 4.90 Å². The maximum atomic E-state index is 6.29. The fourth-order valence-electron chi connectivity index (χ4n) is 2.94. The second kappa shape index (κ2) is 10.1. The fourth-order valence-corrected chi connectivity index (χ4v) is 5.05. The molecule has 0 spiro atoms. The van der Waals surface area contributed by atoms with Crippen molar-refractivity contribution < 1.29 is 18.0 Å². The van der Waals surface area contributed by atoms with Gasteiger partial charge in [0, 0.05) is 46.5 Å². The molecule has 1 aliphatic rings. The summed E-state index contributed by atoms with van der Waals surface area (Å²) in [4.78, 5) is 2.31. The molecule has 0 bridgehead atoms. The van der Waals surface area contributed by atoms with Crippen LogP contribution in [0.15, 0.2) is 43.0 Å². The highest BCUT2D eigenvalue weighted by atomic mass is 28.4. The summed E-state index contributed by atoms with van der Waals surface area (Å²) >= 11 is 0. The highest BCUT2D eigenvalue weighted by molar-refractivity contribution is 6.60. The van der Waals surface area contributed by atoms with Gasteiger partial charge in [-0.25, -0.2) is 0 Å². The maximum absolute atomic E-state index is 6.29. The number of hydrogen-bond acceptors (Lipinski definition) is 5. The average Bonchev–Trinajstić information content (AvgIpc) is 2.59. The van der Waals surface area contributed by atoms with Gasteiger partial charge in [-0.3, -0.25) is 4.90 Å². The molecule has 0 saturated carbocycles. The lowest BCUT2D eigenvalue weighted by atomic mass is 10.2. The predicted octanol–water partition coefficient (Wildman–Crippen LogP) is 2.71. The third-order valence-corrected chi connectivity index (χ3v) is 7.04. The number of ether oxygens (including phenoxy) is 1. The Morgan fingerprint density at radius 3 is 2.71 bits per heavy atom. The monoisotopic (exact) mass is 351 g/mol. The molecule has 1 unspecified atom stereocenters. The molecule has 5 nitrogen and oxygen atoms in total. The molecule has 6 heteroatoms. The summed E-state index contributed by atoms with van der Waals surface area (Å²) in [5.74, 6) is 0. The summed E-state index contributed by atoms with van der Waals surface area (Å²) in [6, 6.07) is 11.2. The van der Waals surface area contributed by atoms with Crippen molar-refractivity contribution in [3.8, 4) is 0 Å². The first-order valence-corrected chi connectivity index (χ1v) is 10.4. The molecule has 0 aromatic heterocycles. The lowest BCUT2D eigenvalue weighted by Gasteiger charge is -2.35. The van der Waals surface area contributed by atoms with Gasteiger partial charge in [-0.05, 0) is 12.0 Å². The Bertz CT molecular complexity index is 481. The van der Waals surface area contributed by atoms with E-state index in [0.29, 0.717) is 6.61 Å². The average molecular weight is 352 g/mol. The maximum Gasteiger partial charge on any atom is 0.500 e. The lowest BCUT2D eigenvalue weighted by molar-refractivity contribution is -0.0271. The van der Waals surface area contributed by atoms with E-state index in [4.69, 9.17) is 18.0 Å². The zero-order chi connectivity index (χ0) is 17.3. The topological polar surface area (TPSA) is 40.2 Å². The van der Waals surface area contributed by atoms with Crippen LogP contribution < -0.4 is 0 Å². The first kappa shape index (κ1) is 19.3. The van der Waals surface area contributed by atoms with Crippen molar-refractivity contribution in [1.29, 1.82) is 0 Å². The van der Waals surface area contributed by atoms with E-state index in [2.05, 4.69) is 35.7 Å². The van der Waals surface area contributed by atoms with E-state index in [0.717, 1.165) is 38.7 Å². The van der Waals surface area contributed by atoms with Crippen LogP contribution in [0.5, 0.6) is 0 Å². The van der Waals surface area contributed by atoms with Crippen molar-refractivity contribution in [2.75, 3.05) is 40.5 Å². The second-order valence-corrected chi connectivity index (χ2v) is 8.90. The molecule has 0 amide bonds. The van der Waals surface area contributed by atoms with Crippen LogP contribution in [0, 0.1) is 0 Å². The third-order valence-electron chi connectivity index (χ3n) is 4.14. The minimum absolute atomic E-state index is 0.0690. The standard InChI is InChI=1S/C18H29NO4Si/c1-4-11-19(14-17-9-6-5-7-10-17)15-18-16-22-12-8-13-24(20-2,21-3)23-18/h4-7,9-10,18H,1,8,11-16H2,2-3H3. The highest BCUT2D eigenvalue weighted by Crippen LogP contribution is 2.21. The van der Waals surface area contributed by atoms with Gasteiger partial charge in [0.2, 0.25) is 0 Å². The second-order valence-electron chi connectivity index (χ2n) is 5.98.